The minimum Gasteiger partial charge on any atom is -0.356 e. The lowest BCUT2D eigenvalue weighted by atomic mass is 9.86. The molecule has 8 heteroatoms. The molecule has 1 saturated carbocycles. The summed E-state index contributed by atoms with van der Waals surface area (Å²) in [7, 11) is 1.11. The van der Waals surface area contributed by atoms with Gasteiger partial charge in [-0.05, 0) is 55.5 Å². The number of nitrogens with zero attached hydrogens (tertiary/aromatic N) is 4. The van der Waals surface area contributed by atoms with Crippen LogP contribution in [0.2, 0.25) is 0 Å². The molecule has 1 aromatic carbocycles. The van der Waals surface area contributed by atoms with Crippen LogP contribution in [-0.4, -0.2) is 47.6 Å². The predicted molar refractivity (Wildman–Crippen MR) is 131 cm³/mol. The van der Waals surface area contributed by atoms with E-state index in [1.54, 1.807) is 7.05 Å². The average Bonchev–Trinajstić information content (AvgIpc) is 3.24. The van der Waals surface area contributed by atoms with Gasteiger partial charge in [-0.3, -0.25) is 9.77 Å². The molecular weight excluding hydrogens is 420 g/mol. The van der Waals surface area contributed by atoms with Crippen LogP contribution in [0.15, 0.2) is 57.9 Å². The molecular formula is C24H32N6OS. The maximum atomic E-state index is 13.0. The van der Waals surface area contributed by atoms with E-state index in [-0.39, 0.29) is 5.75 Å². The first-order chi connectivity index (χ1) is 15.4. The zero-order valence-electron chi connectivity index (χ0n) is 18.9. The topological polar surface area (TPSA) is 105 Å². The summed E-state index contributed by atoms with van der Waals surface area (Å²) in [5.41, 5.74) is 2.79. The first-order valence-electron chi connectivity index (χ1n) is 10.9. The monoisotopic (exact) mass is 452 g/mol. The zero-order chi connectivity index (χ0) is 23.1. The van der Waals surface area contributed by atoms with Crippen LogP contribution >= 0.6 is 0 Å². The van der Waals surface area contributed by atoms with Crippen LogP contribution in [0.3, 0.4) is 0 Å². The number of nitrogens with one attached hydrogen (secondary N) is 2. The van der Waals surface area contributed by atoms with Gasteiger partial charge in [0.25, 0.3) is 0 Å². The van der Waals surface area contributed by atoms with Gasteiger partial charge in [0.1, 0.15) is 11.7 Å². The van der Waals surface area contributed by atoms with Crippen molar-refractivity contribution in [3.8, 4) is 6.07 Å². The third kappa shape index (κ3) is 5.86. The van der Waals surface area contributed by atoms with Gasteiger partial charge in [0.15, 0.2) is 0 Å². The van der Waals surface area contributed by atoms with Gasteiger partial charge in [-0.15, -0.1) is 0 Å². The minimum absolute atomic E-state index is 0.273. The Balaban J connectivity index is 1.57. The van der Waals surface area contributed by atoms with E-state index in [0.717, 1.165) is 54.0 Å². The van der Waals surface area contributed by atoms with Gasteiger partial charge in [0.2, 0.25) is 0 Å². The molecule has 7 nitrogen and oxygen atoms in total. The van der Waals surface area contributed by atoms with Crippen LogP contribution in [-0.2, 0) is 21.9 Å². The Hall–Kier alpha value is -2.92. The lowest BCUT2D eigenvalue weighted by Gasteiger charge is -2.36. The fourth-order valence-electron chi connectivity index (χ4n) is 4.54. The van der Waals surface area contributed by atoms with Crippen molar-refractivity contribution in [1.82, 2.24) is 10.2 Å². The fraction of sp³-hybridized carbons (Fsp3) is 0.458. The van der Waals surface area contributed by atoms with Gasteiger partial charge in [-0.2, -0.15) is 5.26 Å². The van der Waals surface area contributed by atoms with Gasteiger partial charge >= 0.3 is 0 Å². The van der Waals surface area contributed by atoms with Gasteiger partial charge < -0.3 is 10.2 Å². The summed E-state index contributed by atoms with van der Waals surface area (Å²) >= 11 is 0. The number of amidine groups is 1. The molecule has 1 aliphatic carbocycles. The molecule has 0 spiro atoms. The van der Waals surface area contributed by atoms with E-state index in [1.807, 2.05) is 43.6 Å². The quantitative estimate of drug-likeness (QED) is 0.585. The van der Waals surface area contributed by atoms with Gasteiger partial charge in [-0.1, -0.05) is 24.3 Å². The number of rotatable bonds is 8. The standard InChI is InChI=1S/C24H32N6OS/c1-27-23-22(13-15-29-23)24(28-2)30(3)21-10-8-20(9-11-21)17-32(26,31)16-19-6-4-18(5-7-19)12-14-25/h4-7,13,15,20-21,26H,2,8-12,16-17H2,1,3H3,(H,27,29)/b24-22+. The molecule has 2 aliphatic rings. The number of hydrogen-bond donors (Lipinski definition) is 2. The molecule has 32 heavy (non-hydrogen) atoms. The Kier molecular flexibility index (Phi) is 7.86. The first-order valence-corrected chi connectivity index (χ1v) is 12.8. The molecule has 2 N–H and O–H groups in total. The lowest BCUT2D eigenvalue weighted by molar-refractivity contribution is 0.206. The van der Waals surface area contributed by atoms with Crippen molar-refractivity contribution in [3.63, 3.8) is 0 Å². The fourth-order valence-corrected chi connectivity index (χ4v) is 6.48. The smallest absolute Gasteiger partial charge is 0.138 e. The molecule has 1 aromatic rings. The maximum Gasteiger partial charge on any atom is 0.138 e. The molecule has 1 atom stereocenters. The molecule has 3 rings (SSSR count). The molecule has 1 aliphatic heterocycles. The molecule has 0 aromatic heterocycles. The van der Waals surface area contributed by atoms with E-state index >= 15 is 0 Å². The van der Waals surface area contributed by atoms with Crippen molar-refractivity contribution in [2.24, 2.45) is 15.9 Å². The van der Waals surface area contributed by atoms with E-state index in [4.69, 9.17) is 10.0 Å². The van der Waals surface area contributed by atoms with E-state index in [1.165, 1.54) is 0 Å². The third-order valence-corrected chi connectivity index (χ3v) is 8.06. The number of aliphatic imine (C=N–C) groups is 2. The average molecular weight is 453 g/mol. The van der Waals surface area contributed by atoms with Crippen LogP contribution < -0.4 is 5.32 Å². The first kappa shape index (κ1) is 23.7. The Morgan fingerprint density at radius 2 is 1.94 bits per heavy atom. The maximum absolute atomic E-state index is 13.0. The van der Waals surface area contributed by atoms with Gasteiger partial charge in [0, 0.05) is 41.8 Å². The van der Waals surface area contributed by atoms with Gasteiger partial charge in [-0.25, -0.2) is 9.20 Å². The van der Waals surface area contributed by atoms with Crippen LogP contribution in [0.1, 0.15) is 36.8 Å². The molecule has 0 saturated heterocycles. The summed E-state index contributed by atoms with van der Waals surface area (Å²) in [6.45, 7) is 3.76. The normalized spacial score (nSPS) is 25.0. The predicted octanol–water partition coefficient (Wildman–Crippen LogP) is 3.85. The molecule has 0 radical (unpaired) electrons. The second-order valence-corrected chi connectivity index (χ2v) is 10.8. The second-order valence-electron chi connectivity index (χ2n) is 8.50. The zero-order valence-corrected chi connectivity index (χ0v) is 19.7. The third-order valence-electron chi connectivity index (χ3n) is 6.25. The van der Waals surface area contributed by atoms with Crippen molar-refractivity contribution < 1.29 is 4.21 Å². The summed E-state index contributed by atoms with van der Waals surface area (Å²) < 4.78 is 21.4. The van der Waals surface area contributed by atoms with Crippen molar-refractivity contribution in [2.75, 3.05) is 19.8 Å². The highest BCUT2D eigenvalue weighted by molar-refractivity contribution is 7.91. The van der Waals surface area contributed by atoms with E-state index in [9.17, 15) is 4.21 Å². The Bertz CT molecular complexity index is 1050. The molecule has 170 valence electrons. The summed E-state index contributed by atoms with van der Waals surface area (Å²) in [6, 6.07) is 10.0. The van der Waals surface area contributed by atoms with Crippen LogP contribution in [0.4, 0.5) is 0 Å². The highest BCUT2D eigenvalue weighted by Crippen LogP contribution is 2.31. The van der Waals surface area contributed by atoms with Crippen LogP contribution in [0, 0.1) is 22.0 Å². The molecule has 0 bridgehead atoms. The molecule has 1 unspecified atom stereocenters. The van der Waals surface area contributed by atoms with Crippen molar-refractivity contribution in [2.45, 2.75) is 43.9 Å². The second kappa shape index (κ2) is 10.6. The lowest BCUT2D eigenvalue weighted by Crippen LogP contribution is -2.36. The number of benzene rings is 1. The largest absolute Gasteiger partial charge is 0.356 e. The van der Waals surface area contributed by atoms with E-state index < -0.39 is 9.73 Å². The molecule has 1 heterocycles. The van der Waals surface area contributed by atoms with Crippen LogP contribution in [0.25, 0.3) is 0 Å². The van der Waals surface area contributed by atoms with Crippen LogP contribution in [0.5, 0.6) is 0 Å². The number of hydrogen-bond acceptors (Lipinski definition) is 6. The Morgan fingerprint density at radius 3 is 2.53 bits per heavy atom. The molecule has 1 fully saturated rings. The highest BCUT2D eigenvalue weighted by Gasteiger charge is 2.29. The van der Waals surface area contributed by atoms with Crippen molar-refractivity contribution >= 4 is 22.3 Å². The minimum atomic E-state index is -2.69. The molecule has 0 amide bonds. The van der Waals surface area contributed by atoms with E-state index in [0.29, 0.717) is 24.1 Å². The summed E-state index contributed by atoms with van der Waals surface area (Å²) in [4.78, 5) is 10.7. The number of nitriles is 1. The summed E-state index contributed by atoms with van der Waals surface area (Å²) in [6.07, 6.45) is 8.05. The Labute approximate surface area is 191 Å². The highest BCUT2D eigenvalue weighted by atomic mass is 32.2. The van der Waals surface area contributed by atoms with E-state index in [2.05, 4.69) is 33.0 Å². The van der Waals surface area contributed by atoms with Crippen molar-refractivity contribution in [1.29, 1.82) is 10.0 Å². The SMILES string of the molecule is C=N/C(=C1/C=CN/C1=N/C)N(C)C1CCC(CS(=N)(=O)Cc2ccc(CC#N)cc2)CC1. The van der Waals surface area contributed by atoms with Crippen molar-refractivity contribution in [3.05, 3.63) is 59.1 Å². The van der Waals surface area contributed by atoms with Gasteiger partial charge in [0.05, 0.1) is 23.8 Å². The summed E-state index contributed by atoms with van der Waals surface area (Å²) in [5, 5.41) is 11.9. The Morgan fingerprint density at radius 1 is 1.28 bits per heavy atom. The summed E-state index contributed by atoms with van der Waals surface area (Å²) in [5.74, 6) is 2.63.